The van der Waals surface area contributed by atoms with Crippen molar-refractivity contribution in [3.05, 3.63) is 5.32 Å². The minimum atomic E-state index is 0. The molecule has 1 fully saturated rings. The van der Waals surface area contributed by atoms with Crippen molar-refractivity contribution in [3.8, 4) is 0 Å². The Morgan fingerprint density at radius 1 is 1.62 bits per heavy atom. The average molecular weight is 139 g/mol. The van der Waals surface area contributed by atoms with Gasteiger partial charge in [-0.2, -0.15) is 0 Å². The maximum absolute atomic E-state index is 8.47. The molecule has 0 bridgehead atoms. The van der Waals surface area contributed by atoms with Gasteiger partial charge in [0.2, 0.25) is 0 Å². The Morgan fingerprint density at radius 3 is 2.62 bits per heavy atom. The van der Waals surface area contributed by atoms with E-state index < -0.39 is 0 Å². The van der Waals surface area contributed by atoms with Crippen LogP contribution >= 0.6 is 0 Å². The van der Waals surface area contributed by atoms with Crippen molar-refractivity contribution < 1.29 is 56.5 Å². The fourth-order valence-electron chi connectivity index (χ4n) is 0.841. The number of aliphatic hydroxyl groups excluding tert-OH is 1. The Kier molecular flexibility index (Phi) is 6.39. The summed E-state index contributed by atoms with van der Waals surface area (Å²) in [4.78, 5) is 0. The van der Waals surface area contributed by atoms with Gasteiger partial charge in [0.25, 0.3) is 0 Å². The average Bonchev–Trinajstić information content (AvgIpc) is 2.14. The van der Waals surface area contributed by atoms with E-state index in [0.717, 1.165) is 13.0 Å². The third-order valence-electron chi connectivity index (χ3n) is 1.29. The number of nitrogens with zero attached hydrogens (tertiary/aromatic N) is 1. The summed E-state index contributed by atoms with van der Waals surface area (Å²) in [6.07, 6.45) is 2.27. The fraction of sp³-hybridized carbons (Fsp3) is 1.00. The molecule has 0 aromatic heterocycles. The van der Waals surface area contributed by atoms with Gasteiger partial charge in [-0.25, -0.2) is 0 Å². The third-order valence-corrected chi connectivity index (χ3v) is 1.29. The van der Waals surface area contributed by atoms with Gasteiger partial charge in [-0.1, -0.05) is 12.8 Å². The summed E-state index contributed by atoms with van der Waals surface area (Å²) in [5, 5.41) is 12.6. The summed E-state index contributed by atoms with van der Waals surface area (Å²) in [7, 11) is 0. The summed E-state index contributed by atoms with van der Waals surface area (Å²) in [5.41, 5.74) is 0. The number of hydrogen-bond donors (Lipinski definition) is 1. The summed E-state index contributed by atoms with van der Waals surface area (Å²) in [6, 6.07) is 0.278. The minimum absolute atomic E-state index is 0. The van der Waals surface area contributed by atoms with Crippen LogP contribution in [-0.4, -0.2) is 24.3 Å². The van der Waals surface area contributed by atoms with E-state index >= 15 is 0 Å². The monoisotopic (exact) mass is 139 g/mol. The van der Waals surface area contributed by atoms with Gasteiger partial charge in [-0.3, -0.25) is 0 Å². The molecule has 1 rings (SSSR count). The van der Waals surface area contributed by atoms with E-state index in [1.165, 1.54) is 6.42 Å². The zero-order valence-corrected chi connectivity index (χ0v) is 8.42. The van der Waals surface area contributed by atoms with Crippen LogP contribution in [0.4, 0.5) is 0 Å². The second-order valence-electron chi connectivity index (χ2n) is 1.88. The molecule has 0 aliphatic carbocycles. The van der Waals surface area contributed by atoms with Crippen LogP contribution in [0.5, 0.6) is 0 Å². The number of aliphatic hydroxyl groups is 1. The van der Waals surface area contributed by atoms with Crippen molar-refractivity contribution in [3.63, 3.8) is 0 Å². The largest absolute Gasteiger partial charge is 1.00 e. The van der Waals surface area contributed by atoms with Crippen molar-refractivity contribution >= 4 is 0 Å². The standard InChI is InChI=1S/C5H10NO.K/c7-4-5-2-1-3-6-5;/h5,7H,1-4H2;/q-1;+1. The molecule has 0 aromatic carbocycles. The molecular formula is C5H10KNO. The van der Waals surface area contributed by atoms with Crippen molar-refractivity contribution in [2.24, 2.45) is 0 Å². The van der Waals surface area contributed by atoms with Crippen molar-refractivity contribution in [2.75, 3.05) is 13.2 Å². The molecule has 0 saturated carbocycles. The molecule has 1 aliphatic heterocycles. The summed E-state index contributed by atoms with van der Waals surface area (Å²) >= 11 is 0. The van der Waals surface area contributed by atoms with Crippen LogP contribution in [0.15, 0.2) is 0 Å². The van der Waals surface area contributed by atoms with E-state index in [1.807, 2.05) is 0 Å². The van der Waals surface area contributed by atoms with Crippen LogP contribution in [-0.2, 0) is 0 Å². The van der Waals surface area contributed by atoms with Crippen molar-refractivity contribution in [1.82, 2.24) is 0 Å². The molecule has 1 heterocycles. The van der Waals surface area contributed by atoms with Gasteiger partial charge in [-0.15, -0.1) is 12.6 Å². The second kappa shape index (κ2) is 5.35. The molecule has 0 aromatic rings. The summed E-state index contributed by atoms with van der Waals surface area (Å²) in [5.74, 6) is 0. The van der Waals surface area contributed by atoms with Gasteiger partial charge in [0.15, 0.2) is 0 Å². The summed E-state index contributed by atoms with van der Waals surface area (Å²) < 4.78 is 0. The Morgan fingerprint density at radius 2 is 2.38 bits per heavy atom. The van der Waals surface area contributed by atoms with E-state index in [1.54, 1.807) is 0 Å². The molecule has 1 N–H and O–H groups in total. The Bertz CT molecular complexity index is 54.4. The first-order chi connectivity index (χ1) is 3.43. The van der Waals surface area contributed by atoms with Crippen LogP contribution in [0.2, 0.25) is 0 Å². The van der Waals surface area contributed by atoms with Gasteiger partial charge in [0, 0.05) is 6.61 Å². The van der Waals surface area contributed by atoms with Gasteiger partial charge >= 0.3 is 51.4 Å². The Labute approximate surface area is 92.5 Å². The van der Waals surface area contributed by atoms with E-state index in [4.69, 9.17) is 5.11 Å². The second-order valence-corrected chi connectivity index (χ2v) is 1.88. The van der Waals surface area contributed by atoms with Crippen LogP contribution in [0, 0.1) is 0 Å². The molecule has 0 spiro atoms. The van der Waals surface area contributed by atoms with Gasteiger partial charge in [0.1, 0.15) is 0 Å². The fourth-order valence-corrected chi connectivity index (χ4v) is 0.841. The molecule has 3 heteroatoms. The first-order valence-corrected chi connectivity index (χ1v) is 2.71. The first kappa shape index (κ1) is 9.56. The molecule has 1 aliphatic rings. The third kappa shape index (κ3) is 2.91. The predicted molar refractivity (Wildman–Crippen MR) is 28.3 cm³/mol. The van der Waals surface area contributed by atoms with Gasteiger partial charge in [-0.05, 0) is 0 Å². The first-order valence-electron chi connectivity index (χ1n) is 2.71. The molecule has 8 heavy (non-hydrogen) atoms. The number of rotatable bonds is 1. The zero-order chi connectivity index (χ0) is 5.11. The SMILES string of the molecule is OCC1CCC[N-]1.[K+]. The van der Waals surface area contributed by atoms with Gasteiger partial charge in [0.05, 0.1) is 0 Å². The van der Waals surface area contributed by atoms with Crippen LogP contribution < -0.4 is 51.4 Å². The molecule has 1 atom stereocenters. The van der Waals surface area contributed by atoms with E-state index in [2.05, 4.69) is 5.32 Å². The van der Waals surface area contributed by atoms with E-state index in [-0.39, 0.29) is 64.0 Å². The molecule has 42 valence electrons. The minimum Gasteiger partial charge on any atom is -0.658 e. The molecular weight excluding hydrogens is 129 g/mol. The molecule has 0 radical (unpaired) electrons. The van der Waals surface area contributed by atoms with E-state index in [0.29, 0.717) is 0 Å². The molecule has 2 nitrogen and oxygen atoms in total. The maximum atomic E-state index is 8.47. The molecule has 1 unspecified atom stereocenters. The van der Waals surface area contributed by atoms with Crippen LogP contribution in [0.25, 0.3) is 5.32 Å². The predicted octanol–water partition coefficient (Wildman–Crippen LogP) is -2.48. The molecule has 0 amide bonds. The smallest absolute Gasteiger partial charge is 0.658 e. The van der Waals surface area contributed by atoms with Gasteiger partial charge < -0.3 is 10.4 Å². The number of hydrogen-bond acceptors (Lipinski definition) is 1. The van der Waals surface area contributed by atoms with Crippen LogP contribution in [0.3, 0.4) is 0 Å². The normalized spacial score (nSPS) is 27.4. The summed E-state index contributed by atoms with van der Waals surface area (Å²) in [6.45, 7) is 1.21. The quantitative estimate of drug-likeness (QED) is 0.401. The van der Waals surface area contributed by atoms with E-state index in [9.17, 15) is 0 Å². The Hall–Kier alpha value is 1.56. The van der Waals surface area contributed by atoms with Crippen molar-refractivity contribution in [2.45, 2.75) is 18.9 Å². The maximum Gasteiger partial charge on any atom is 1.00 e. The molecule has 1 saturated heterocycles. The van der Waals surface area contributed by atoms with Crippen LogP contribution in [0.1, 0.15) is 12.8 Å². The topological polar surface area (TPSA) is 34.3 Å². The zero-order valence-electron chi connectivity index (χ0n) is 5.30. The van der Waals surface area contributed by atoms with Crippen molar-refractivity contribution in [1.29, 1.82) is 0 Å². The Balaban J connectivity index is 0.000000490.